The number of rotatable bonds is 6. The van der Waals surface area contributed by atoms with Crippen LogP contribution < -0.4 is 11.5 Å². The lowest BCUT2D eigenvalue weighted by molar-refractivity contribution is 0.380. The van der Waals surface area contributed by atoms with Gasteiger partial charge in [0, 0.05) is 24.6 Å². The predicted molar refractivity (Wildman–Crippen MR) is 97.2 cm³/mol. The van der Waals surface area contributed by atoms with Gasteiger partial charge in [0.25, 0.3) is 0 Å². The quantitative estimate of drug-likeness (QED) is 0.345. The van der Waals surface area contributed by atoms with E-state index in [1.807, 2.05) is 7.05 Å². The minimum absolute atomic E-state index is 0. The molecule has 0 aliphatic heterocycles. The number of nitrogens with two attached hydrogens (primary N) is 2. The molecular formula is C7H20Br3N5S2. The minimum atomic E-state index is 0. The van der Waals surface area contributed by atoms with Gasteiger partial charge in [0.1, 0.15) is 0 Å². The van der Waals surface area contributed by atoms with E-state index in [9.17, 15) is 0 Å². The van der Waals surface area contributed by atoms with Crippen molar-refractivity contribution < 1.29 is 0 Å². The van der Waals surface area contributed by atoms with Gasteiger partial charge in [0.2, 0.25) is 0 Å². The number of halogens is 3. The molecule has 0 aromatic heterocycles. The van der Waals surface area contributed by atoms with Crippen molar-refractivity contribution >= 4 is 84.8 Å². The summed E-state index contributed by atoms with van der Waals surface area (Å²) in [5.41, 5.74) is 10.4. The van der Waals surface area contributed by atoms with Crippen LogP contribution in [0.5, 0.6) is 0 Å². The van der Waals surface area contributed by atoms with Crippen molar-refractivity contribution in [2.75, 3.05) is 31.6 Å². The molecule has 5 nitrogen and oxygen atoms in total. The van der Waals surface area contributed by atoms with Crippen LogP contribution in [0.3, 0.4) is 0 Å². The molecular weight excluding hydrogens is 458 g/mol. The lowest BCUT2D eigenvalue weighted by atomic mass is 10.6. The normalized spacial score (nSPS) is 8.59. The van der Waals surface area contributed by atoms with Gasteiger partial charge in [-0.2, -0.15) is 0 Å². The molecule has 0 saturated carbocycles. The second-order valence-corrected chi connectivity index (χ2v) is 5.00. The summed E-state index contributed by atoms with van der Waals surface area (Å²) in [6.07, 6.45) is 0. The molecule has 0 radical (unpaired) electrons. The Labute approximate surface area is 143 Å². The van der Waals surface area contributed by atoms with E-state index in [1.165, 1.54) is 23.5 Å². The monoisotopic (exact) mass is 475 g/mol. The molecule has 0 aliphatic rings. The third-order valence-corrected chi connectivity index (χ3v) is 2.86. The first-order valence-electron chi connectivity index (χ1n) is 4.14. The number of nitrogens with one attached hydrogen (secondary N) is 2. The smallest absolute Gasteiger partial charge is 0.151 e. The molecule has 0 bridgehead atoms. The molecule has 106 valence electrons. The maximum atomic E-state index is 7.01. The topological polar surface area (TPSA) is 103 Å². The predicted octanol–water partition coefficient (Wildman–Crippen LogP) is 1.91. The highest BCUT2D eigenvalue weighted by molar-refractivity contribution is 8.93. The number of amidine groups is 2. The van der Waals surface area contributed by atoms with Crippen molar-refractivity contribution in [2.24, 2.45) is 11.5 Å². The Morgan fingerprint density at radius 3 is 1.47 bits per heavy atom. The van der Waals surface area contributed by atoms with Gasteiger partial charge in [-0.25, -0.2) is 0 Å². The molecule has 0 atom stereocenters. The first-order valence-corrected chi connectivity index (χ1v) is 6.11. The van der Waals surface area contributed by atoms with Gasteiger partial charge in [-0.1, -0.05) is 23.5 Å². The van der Waals surface area contributed by atoms with Crippen LogP contribution in [-0.4, -0.2) is 46.9 Å². The molecule has 17 heavy (non-hydrogen) atoms. The van der Waals surface area contributed by atoms with E-state index < -0.39 is 0 Å². The largest absolute Gasteiger partial charge is 0.379 e. The molecule has 0 aromatic rings. The Balaban J connectivity index is -0.000000282. The molecule has 0 heterocycles. The van der Waals surface area contributed by atoms with Crippen LogP contribution in [0.25, 0.3) is 0 Å². The van der Waals surface area contributed by atoms with Crippen LogP contribution in [0.4, 0.5) is 0 Å². The lowest BCUT2D eigenvalue weighted by Gasteiger charge is -2.15. The van der Waals surface area contributed by atoms with Crippen LogP contribution in [0.2, 0.25) is 0 Å². The highest BCUT2D eigenvalue weighted by Gasteiger charge is 1.99. The van der Waals surface area contributed by atoms with Gasteiger partial charge in [0.15, 0.2) is 10.3 Å². The highest BCUT2D eigenvalue weighted by Crippen LogP contribution is 2.01. The summed E-state index contributed by atoms with van der Waals surface area (Å²) >= 11 is 2.69. The van der Waals surface area contributed by atoms with Crippen molar-refractivity contribution in [1.82, 2.24) is 4.90 Å². The summed E-state index contributed by atoms with van der Waals surface area (Å²) in [4.78, 5) is 2.13. The van der Waals surface area contributed by atoms with Gasteiger partial charge in [-0.15, -0.1) is 50.9 Å². The summed E-state index contributed by atoms with van der Waals surface area (Å²) in [5.74, 6) is 1.66. The van der Waals surface area contributed by atoms with Crippen molar-refractivity contribution in [2.45, 2.75) is 0 Å². The highest BCUT2D eigenvalue weighted by atomic mass is 79.9. The molecule has 0 aromatic carbocycles. The standard InChI is InChI=1S/C7H17N5S2.3BrH/c1-12(2-4-13-6(8)9)3-5-14-7(10)11;;;/h2-5H2,1H3,(H3,8,9)(H3,10,11);3*1H. The minimum Gasteiger partial charge on any atom is -0.379 e. The first-order chi connectivity index (χ1) is 6.52. The molecule has 0 aliphatic carbocycles. The second-order valence-electron chi connectivity index (χ2n) is 2.73. The van der Waals surface area contributed by atoms with E-state index in [0.29, 0.717) is 0 Å². The van der Waals surface area contributed by atoms with Gasteiger partial charge in [-0.3, -0.25) is 10.8 Å². The van der Waals surface area contributed by atoms with Crippen molar-refractivity contribution in [3.05, 3.63) is 0 Å². The average molecular weight is 478 g/mol. The van der Waals surface area contributed by atoms with Crippen LogP contribution >= 0.6 is 74.5 Å². The molecule has 0 rings (SSSR count). The number of hydrogen-bond acceptors (Lipinski definition) is 5. The van der Waals surface area contributed by atoms with Crippen molar-refractivity contribution in [1.29, 1.82) is 10.8 Å². The van der Waals surface area contributed by atoms with E-state index in [1.54, 1.807) is 0 Å². The third-order valence-electron chi connectivity index (χ3n) is 1.46. The lowest BCUT2D eigenvalue weighted by Crippen LogP contribution is -2.25. The maximum absolute atomic E-state index is 7.01. The Morgan fingerprint density at radius 2 is 1.24 bits per heavy atom. The fourth-order valence-electron chi connectivity index (χ4n) is 0.735. The fraction of sp³-hybridized carbons (Fsp3) is 0.714. The SMILES string of the molecule is Br.Br.Br.CN(CCSC(=N)N)CCSC(=N)N. The Hall–Kier alpha value is 1.04. The van der Waals surface area contributed by atoms with Crippen LogP contribution in [0, 0.1) is 10.8 Å². The molecule has 0 spiro atoms. The molecule has 6 N–H and O–H groups in total. The van der Waals surface area contributed by atoms with E-state index in [-0.39, 0.29) is 61.3 Å². The Bertz CT molecular complexity index is 188. The Kier molecular flexibility index (Phi) is 26.6. The zero-order chi connectivity index (χ0) is 11.0. The van der Waals surface area contributed by atoms with Crippen LogP contribution in [0.15, 0.2) is 0 Å². The maximum Gasteiger partial charge on any atom is 0.151 e. The molecule has 10 heteroatoms. The summed E-state index contributed by atoms with van der Waals surface area (Å²) in [6.45, 7) is 1.78. The average Bonchev–Trinajstić information content (AvgIpc) is 2.02. The first kappa shape index (κ1) is 26.6. The Morgan fingerprint density at radius 1 is 0.941 bits per heavy atom. The summed E-state index contributed by atoms with van der Waals surface area (Å²) in [6, 6.07) is 0. The van der Waals surface area contributed by atoms with E-state index in [4.69, 9.17) is 22.3 Å². The number of nitrogens with zero attached hydrogens (tertiary/aromatic N) is 1. The van der Waals surface area contributed by atoms with Gasteiger partial charge >= 0.3 is 0 Å². The van der Waals surface area contributed by atoms with Crippen LogP contribution in [-0.2, 0) is 0 Å². The van der Waals surface area contributed by atoms with Gasteiger partial charge < -0.3 is 16.4 Å². The fourth-order valence-corrected chi connectivity index (χ4v) is 1.98. The van der Waals surface area contributed by atoms with Crippen molar-refractivity contribution in [3.8, 4) is 0 Å². The van der Waals surface area contributed by atoms with Crippen molar-refractivity contribution in [3.63, 3.8) is 0 Å². The summed E-state index contributed by atoms with van der Waals surface area (Å²) < 4.78 is 0. The number of hydrogen-bond donors (Lipinski definition) is 4. The molecule has 0 saturated heterocycles. The van der Waals surface area contributed by atoms with E-state index in [2.05, 4.69) is 4.90 Å². The van der Waals surface area contributed by atoms with Gasteiger partial charge in [0.05, 0.1) is 0 Å². The number of thioether (sulfide) groups is 2. The summed E-state index contributed by atoms with van der Waals surface area (Å²) in [5, 5.41) is 14.3. The zero-order valence-electron chi connectivity index (χ0n) is 9.47. The van der Waals surface area contributed by atoms with Gasteiger partial charge in [-0.05, 0) is 7.05 Å². The third kappa shape index (κ3) is 22.7. The summed E-state index contributed by atoms with van der Waals surface area (Å²) in [7, 11) is 2.00. The zero-order valence-corrected chi connectivity index (χ0v) is 16.2. The molecule has 0 fully saturated rings. The van der Waals surface area contributed by atoms with E-state index in [0.717, 1.165) is 24.6 Å². The van der Waals surface area contributed by atoms with E-state index >= 15 is 0 Å². The molecule has 0 amide bonds. The molecule has 0 unspecified atom stereocenters. The van der Waals surface area contributed by atoms with Crippen LogP contribution in [0.1, 0.15) is 0 Å². The second kappa shape index (κ2) is 17.0.